The predicted molar refractivity (Wildman–Crippen MR) is 315 cm³/mol. The average Bonchev–Trinajstić information content (AvgIpc) is 3.85. The molecule has 0 fully saturated rings. The Morgan fingerprint density at radius 3 is 1.55 bits per heavy atom. The van der Waals surface area contributed by atoms with Gasteiger partial charge in [0.05, 0.1) is 16.7 Å². The van der Waals surface area contributed by atoms with Crippen molar-refractivity contribution >= 4 is 71.2 Å². The van der Waals surface area contributed by atoms with Crippen molar-refractivity contribution in [2.75, 3.05) is 4.90 Å². The minimum Gasteiger partial charge on any atom is -0.310 e. The Balaban J connectivity index is 0.982. The van der Waals surface area contributed by atoms with Crippen molar-refractivity contribution in [3.05, 3.63) is 291 Å². The summed E-state index contributed by atoms with van der Waals surface area (Å²) in [5.41, 5.74) is 18.7. The lowest BCUT2D eigenvalue weighted by Gasteiger charge is -2.29. The fraction of sp³-hybridized carbons (Fsp3) is 0. The van der Waals surface area contributed by atoms with E-state index in [1.165, 1.54) is 93.1 Å². The molecule has 2 nitrogen and oxygen atoms in total. The van der Waals surface area contributed by atoms with Crippen LogP contribution in [0, 0.1) is 0 Å². The number of hydrogen-bond donors (Lipinski definition) is 0. The lowest BCUT2D eigenvalue weighted by molar-refractivity contribution is 1.18. The monoisotopic (exact) mass is 940 g/mol. The number of anilines is 3. The van der Waals surface area contributed by atoms with Gasteiger partial charge in [-0.3, -0.25) is 0 Å². The van der Waals surface area contributed by atoms with Crippen LogP contribution in [0.15, 0.2) is 291 Å². The molecular formula is C72H48N2. The Kier molecular flexibility index (Phi) is 10.6. The third-order valence-corrected chi connectivity index (χ3v) is 15.0. The molecule has 0 bridgehead atoms. The van der Waals surface area contributed by atoms with Crippen LogP contribution in [0.3, 0.4) is 0 Å². The van der Waals surface area contributed by atoms with Crippen LogP contribution in [0.4, 0.5) is 17.1 Å². The second-order valence-corrected chi connectivity index (χ2v) is 19.2. The Bertz CT molecular complexity index is 4400. The number of hydrogen-bond acceptors (Lipinski definition) is 1. The minimum atomic E-state index is 1.07. The molecular weight excluding hydrogens is 893 g/mol. The third-order valence-electron chi connectivity index (χ3n) is 15.0. The predicted octanol–water partition coefficient (Wildman–Crippen LogP) is 20.0. The molecule has 74 heavy (non-hydrogen) atoms. The van der Waals surface area contributed by atoms with Crippen LogP contribution in [0.5, 0.6) is 0 Å². The van der Waals surface area contributed by atoms with Gasteiger partial charge in [0.2, 0.25) is 0 Å². The molecule has 0 unspecified atom stereocenters. The number of rotatable bonds is 9. The van der Waals surface area contributed by atoms with Crippen molar-refractivity contribution in [1.29, 1.82) is 0 Å². The van der Waals surface area contributed by atoms with E-state index >= 15 is 0 Å². The highest BCUT2D eigenvalue weighted by molar-refractivity contribution is 6.22. The molecule has 346 valence electrons. The first-order valence-electron chi connectivity index (χ1n) is 25.5. The zero-order valence-corrected chi connectivity index (χ0v) is 40.6. The zero-order valence-electron chi connectivity index (χ0n) is 40.6. The summed E-state index contributed by atoms with van der Waals surface area (Å²) in [6, 6.07) is 107. The van der Waals surface area contributed by atoms with Gasteiger partial charge >= 0.3 is 0 Å². The fourth-order valence-electron chi connectivity index (χ4n) is 11.7. The van der Waals surface area contributed by atoms with Crippen LogP contribution in [0.1, 0.15) is 0 Å². The Morgan fingerprint density at radius 1 is 0.257 bits per heavy atom. The average molecular weight is 941 g/mol. The van der Waals surface area contributed by atoms with E-state index in [0.717, 1.165) is 39.4 Å². The number of nitrogens with zero attached hydrogens (tertiary/aromatic N) is 2. The lowest BCUT2D eigenvalue weighted by atomic mass is 9.84. The van der Waals surface area contributed by atoms with Gasteiger partial charge in [-0.2, -0.15) is 0 Å². The maximum absolute atomic E-state index is 2.46. The van der Waals surface area contributed by atoms with Gasteiger partial charge in [0.25, 0.3) is 0 Å². The molecule has 0 aliphatic rings. The van der Waals surface area contributed by atoms with Crippen molar-refractivity contribution in [1.82, 2.24) is 4.57 Å². The normalized spacial score (nSPS) is 11.5. The number of fused-ring (bicyclic) bond motifs is 7. The first kappa shape index (κ1) is 43.1. The largest absolute Gasteiger partial charge is 0.310 e. The van der Waals surface area contributed by atoms with Gasteiger partial charge in [0, 0.05) is 33.4 Å². The maximum Gasteiger partial charge on any atom is 0.0547 e. The van der Waals surface area contributed by atoms with Gasteiger partial charge in [-0.05, 0) is 143 Å². The van der Waals surface area contributed by atoms with E-state index in [0.29, 0.717) is 0 Å². The van der Waals surface area contributed by atoms with E-state index in [2.05, 4.69) is 301 Å². The summed E-state index contributed by atoms with van der Waals surface area (Å²) in [5, 5.41) is 9.90. The smallest absolute Gasteiger partial charge is 0.0547 e. The maximum atomic E-state index is 2.46. The molecule has 0 atom stereocenters. The summed E-state index contributed by atoms with van der Waals surface area (Å²) in [5.74, 6) is 0. The molecule has 0 amide bonds. The molecule has 0 aliphatic carbocycles. The summed E-state index contributed by atoms with van der Waals surface area (Å²) in [7, 11) is 0. The minimum absolute atomic E-state index is 1.07. The first-order valence-corrected chi connectivity index (χ1v) is 25.5. The Hall–Kier alpha value is -9.76. The number of aromatic nitrogens is 1. The molecule has 0 radical (unpaired) electrons. The van der Waals surface area contributed by atoms with Crippen LogP contribution in [-0.4, -0.2) is 4.57 Å². The standard InChI is InChI=1S/C72H48N2/c1-4-22-51(23-5-1)70-63-34-13-12-32-60(63)61-46-43-54(48-66(61)71(70)52-24-6-2-7-25-52)53-27-18-30-57(47-53)73(56-44-41-50(42-45-56)59-36-19-26-49-21-10-11-31-58(49)59)67-38-16-14-33-62(67)64-37-20-40-69-72(64)65-35-15-17-39-68(65)74(69)55-28-8-3-9-29-55/h1-48H. The van der Waals surface area contributed by atoms with E-state index in [4.69, 9.17) is 0 Å². The Labute approximate surface area is 430 Å². The molecule has 0 saturated heterocycles. The van der Waals surface area contributed by atoms with Crippen LogP contribution in [0.2, 0.25) is 0 Å². The highest BCUT2D eigenvalue weighted by Crippen LogP contribution is 2.48. The topological polar surface area (TPSA) is 8.17 Å². The molecule has 14 aromatic rings. The van der Waals surface area contributed by atoms with E-state index in [1.807, 2.05) is 0 Å². The van der Waals surface area contributed by atoms with Crippen LogP contribution < -0.4 is 4.90 Å². The second-order valence-electron chi connectivity index (χ2n) is 19.2. The Morgan fingerprint density at radius 2 is 0.770 bits per heavy atom. The van der Waals surface area contributed by atoms with Gasteiger partial charge in [-0.15, -0.1) is 0 Å². The number of benzene rings is 13. The van der Waals surface area contributed by atoms with Gasteiger partial charge in [0.1, 0.15) is 0 Å². The summed E-state index contributed by atoms with van der Waals surface area (Å²) < 4.78 is 2.41. The lowest BCUT2D eigenvalue weighted by Crippen LogP contribution is -2.11. The third kappa shape index (κ3) is 7.27. The van der Waals surface area contributed by atoms with E-state index in [-0.39, 0.29) is 0 Å². The van der Waals surface area contributed by atoms with Gasteiger partial charge in [-0.1, -0.05) is 231 Å². The first-order chi connectivity index (χ1) is 36.7. The molecule has 14 rings (SSSR count). The van der Waals surface area contributed by atoms with E-state index in [1.54, 1.807) is 0 Å². The van der Waals surface area contributed by atoms with Crippen molar-refractivity contribution in [3.63, 3.8) is 0 Å². The summed E-state index contributed by atoms with van der Waals surface area (Å²) >= 11 is 0. The van der Waals surface area contributed by atoms with E-state index < -0.39 is 0 Å². The molecule has 1 heterocycles. The van der Waals surface area contributed by atoms with Gasteiger partial charge < -0.3 is 9.47 Å². The summed E-state index contributed by atoms with van der Waals surface area (Å²) in [6.07, 6.45) is 0. The number of para-hydroxylation sites is 3. The van der Waals surface area contributed by atoms with Gasteiger partial charge in [0.15, 0.2) is 0 Å². The SMILES string of the molecule is c1ccc(-c2c(-c3ccccc3)c3cc(-c4cccc(N(c5ccc(-c6cccc7ccccc67)cc5)c5ccccc5-c5cccc6c5c5ccccc5n6-c5ccccc5)c4)ccc3c3ccccc23)cc1. The van der Waals surface area contributed by atoms with Gasteiger partial charge in [-0.25, -0.2) is 0 Å². The summed E-state index contributed by atoms with van der Waals surface area (Å²) in [6.45, 7) is 0. The van der Waals surface area contributed by atoms with Crippen molar-refractivity contribution < 1.29 is 0 Å². The fourth-order valence-corrected chi connectivity index (χ4v) is 11.7. The zero-order chi connectivity index (χ0) is 49.0. The second kappa shape index (κ2) is 18.1. The molecule has 0 N–H and O–H groups in total. The van der Waals surface area contributed by atoms with Crippen LogP contribution in [0.25, 0.3) is 115 Å². The highest BCUT2D eigenvalue weighted by Gasteiger charge is 2.23. The van der Waals surface area contributed by atoms with Crippen LogP contribution >= 0.6 is 0 Å². The molecule has 0 saturated carbocycles. The molecule has 0 aliphatic heterocycles. The molecule has 1 aromatic heterocycles. The molecule has 13 aromatic carbocycles. The molecule has 0 spiro atoms. The van der Waals surface area contributed by atoms with Crippen molar-refractivity contribution in [3.8, 4) is 61.3 Å². The van der Waals surface area contributed by atoms with E-state index in [9.17, 15) is 0 Å². The van der Waals surface area contributed by atoms with Crippen LogP contribution in [-0.2, 0) is 0 Å². The van der Waals surface area contributed by atoms with Crippen molar-refractivity contribution in [2.45, 2.75) is 0 Å². The van der Waals surface area contributed by atoms with Crippen molar-refractivity contribution in [2.24, 2.45) is 0 Å². The molecule has 2 heteroatoms. The highest BCUT2D eigenvalue weighted by atomic mass is 15.1. The quantitative estimate of drug-likeness (QED) is 0.131. The summed E-state index contributed by atoms with van der Waals surface area (Å²) in [4.78, 5) is 2.46.